The van der Waals surface area contributed by atoms with Crippen LogP contribution in [-0.2, 0) is 21.9 Å². The summed E-state index contributed by atoms with van der Waals surface area (Å²) in [5.74, 6) is -0.818. The molecule has 1 heterocycles. The maximum absolute atomic E-state index is 13.1. The molecule has 1 aliphatic heterocycles. The minimum absolute atomic E-state index is 0.0187. The Hall–Kier alpha value is -3.79. The average molecular weight is 547 g/mol. The SMILES string of the molecule is CCOC(=O)C1(C)CN(C(=O)Nc2ccc(C(F)(F)F)c(C#N)c2)N=C1c1ccc(C(F)(F)F)c(Cl)c1. The molecule has 0 radical (unpaired) electrons. The van der Waals surface area contributed by atoms with Gasteiger partial charge in [-0.1, -0.05) is 17.7 Å². The normalized spacial score (nSPS) is 17.7. The van der Waals surface area contributed by atoms with Gasteiger partial charge in [-0.25, -0.2) is 9.80 Å². The maximum atomic E-state index is 13.1. The van der Waals surface area contributed by atoms with Crippen LogP contribution < -0.4 is 5.32 Å². The van der Waals surface area contributed by atoms with Gasteiger partial charge in [0.05, 0.1) is 46.6 Å². The van der Waals surface area contributed by atoms with Gasteiger partial charge in [0.1, 0.15) is 5.41 Å². The Morgan fingerprint density at radius 3 is 2.30 bits per heavy atom. The number of rotatable bonds is 4. The van der Waals surface area contributed by atoms with Crippen LogP contribution in [0.4, 0.5) is 36.8 Å². The number of ether oxygens (including phenoxy) is 1. The Morgan fingerprint density at radius 2 is 1.76 bits per heavy atom. The second-order valence-corrected chi connectivity index (χ2v) is 8.46. The highest BCUT2D eigenvalue weighted by atomic mass is 35.5. The lowest BCUT2D eigenvalue weighted by Crippen LogP contribution is -2.42. The summed E-state index contributed by atoms with van der Waals surface area (Å²) in [4.78, 5) is 25.7. The first-order chi connectivity index (χ1) is 17.1. The summed E-state index contributed by atoms with van der Waals surface area (Å²) in [6.07, 6.45) is -9.51. The van der Waals surface area contributed by atoms with Crippen molar-refractivity contribution < 1.29 is 40.7 Å². The molecule has 1 atom stereocenters. The molecule has 0 aromatic heterocycles. The Balaban J connectivity index is 1.97. The first-order valence-electron chi connectivity index (χ1n) is 10.4. The molecule has 0 saturated carbocycles. The highest BCUT2D eigenvalue weighted by Gasteiger charge is 2.49. The molecule has 0 spiro atoms. The molecule has 0 saturated heterocycles. The number of carbonyl (C=O) groups excluding carboxylic acids is 2. The fourth-order valence-corrected chi connectivity index (χ4v) is 3.92. The fourth-order valence-electron chi connectivity index (χ4n) is 3.63. The number of alkyl halides is 6. The zero-order valence-electron chi connectivity index (χ0n) is 19.1. The van der Waals surface area contributed by atoms with E-state index < -0.39 is 58.0 Å². The lowest BCUT2D eigenvalue weighted by Gasteiger charge is -2.24. The molecule has 196 valence electrons. The quantitative estimate of drug-likeness (QED) is 0.372. The predicted octanol–water partition coefficient (Wildman–Crippen LogP) is 6.07. The summed E-state index contributed by atoms with van der Waals surface area (Å²) >= 11 is 5.82. The van der Waals surface area contributed by atoms with E-state index in [9.17, 15) is 35.9 Å². The average Bonchev–Trinajstić information content (AvgIpc) is 3.16. The first-order valence-corrected chi connectivity index (χ1v) is 10.8. The second kappa shape index (κ2) is 9.93. The van der Waals surface area contributed by atoms with Crippen LogP contribution in [0, 0.1) is 16.7 Å². The summed E-state index contributed by atoms with van der Waals surface area (Å²) < 4.78 is 83.6. The number of carbonyl (C=O) groups is 2. The van der Waals surface area contributed by atoms with Crippen molar-refractivity contribution in [3.63, 3.8) is 0 Å². The monoisotopic (exact) mass is 546 g/mol. The van der Waals surface area contributed by atoms with Gasteiger partial charge >= 0.3 is 24.4 Å². The molecule has 1 aliphatic rings. The lowest BCUT2D eigenvalue weighted by atomic mass is 9.82. The third kappa shape index (κ3) is 5.64. The molecular formula is C23H17ClF6N4O3. The van der Waals surface area contributed by atoms with Crippen molar-refractivity contribution in [2.24, 2.45) is 10.5 Å². The minimum Gasteiger partial charge on any atom is -0.465 e. The molecule has 3 rings (SSSR count). The van der Waals surface area contributed by atoms with Crippen LogP contribution in [0.3, 0.4) is 0 Å². The molecule has 0 aliphatic carbocycles. The number of hydrogen-bond donors (Lipinski definition) is 1. The van der Waals surface area contributed by atoms with Gasteiger partial charge in [-0.2, -0.15) is 36.7 Å². The van der Waals surface area contributed by atoms with Gasteiger partial charge in [0.2, 0.25) is 0 Å². The zero-order chi connectivity index (χ0) is 27.8. The number of urea groups is 1. The number of amides is 2. The standard InChI is InChI=1S/C23H17ClF6N4O3/c1-3-37-19(35)21(2)11-34(33-18(21)12-4-6-16(17(24)9-12)23(28,29)30)20(36)32-14-5-7-15(22(25,26)27)13(8-14)10-31/h4-9H,3,11H2,1-2H3,(H,32,36). The topological polar surface area (TPSA) is 94.8 Å². The van der Waals surface area contributed by atoms with Crippen molar-refractivity contribution in [3.8, 4) is 6.07 Å². The van der Waals surface area contributed by atoms with Crippen LogP contribution in [-0.4, -0.2) is 35.9 Å². The van der Waals surface area contributed by atoms with E-state index in [0.717, 1.165) is 29.3 Å². The number of anilines is 1. The van der Waals surface area contributed by atoms with Gasteiger partial charge in [-0.15, -0.1) is 0 Å². The zero-order valence-corrected chi connectivity index (χ0v) is 19.8. The Morgan fingerprint density at radius 1 is 1.14 bits per heavy atom. The Labute approximate surface area is 211 Å². The summed E-state index contributed by atoms with van der Waals surface area (Å²) in [5.41, 5.74) is -4.90. The van der Waals surface area contributed by atoms with E-state index in [-0.39, 0.29) is 23.6 Å². The molecule has 2 amide bonds. The van der Waals surface area contributed by atoms with Crippen molar-refractivity contribution in [1.29, 1.82) is 5.26 Å². The predicted molar refractivity (Wildman–Crippen MR) is 120 cm³/mol. The van der Waals surface area contributed by atoms with Gasteiger partial charge in [-0.3, -0.25) is 4.79 Å². The third-order valence-corrected chi connectivity index (χ3v) is 5.73. The molecule has 0 fully saturated rings. The molecule has 2 aromatic carbocycles. The number of nitrogens with one attached hydrogen (secondary N) is 1. The largest absolute Gasteiger partial charge is 0.465 e. The van der Waals surface area contributed by atoms with Gasteiger partial charge < -0.3 is 10.1 Å². The molecule has 37 heavy (non-hydrogen) atoms. The number of esters is 1. The fraction of sp³-hybridized carbons (Fsp3) is 0.304. The smallest absolute Gasteiger partial charge is 0.417 e. The van der Waals surface area contributed by atoms with Crippen LogP contribution in [0.2, 0.25) is 5.02 Å². The second-order valence-electron chi connectivity index (χ2n) is 8.05. The number of halogens is 7. The highest BCUT2D eigenvalue weighted by Crippen LogP contribution is 2.38. The summed E-state index contributed by atoms with van der Waals surface area (Å²) in [7, 11) is 0. The van der Waals surface area contributed by atoms with Crippen molar-refractivity contribution >= 4 is 35.0 Å². The third-order valence-electron chi connectivity index (χ3n) is 5.41. The van der Waals surface area contributed by atoms with Crippen molar-refractivity contribution in [3.05, 3.63) is 63.7 Å². The summed E-state index contributed by atoms with van der Waals surface area (Å²) in [6, 6.07) is 5.52. The van der Waals surface area contributed by atoms with Crippen molar-refractivity contribution in [2.45, 2.75) is 26.2 Å². The molecular weight excluding hydrogens is 530 g/mol. The number of benzene rings is 2. The van der Waals surface area contributed by atoms with Crippen LogP contribution in [0.5, 0.6) is 0 Å². The maximum Gasteiger partial charge on any atom is 0.417 e. The molecule has 2 aromatic rings. The van der Waals surface area contributed by atoms with Gasteiger partial charge in [0.15, 0.2) is 0 Å². The molecule has 1 unspecified atom stereocenters. The van der Waals surface area contributed by atoms with Crippen LogP contribution in [0.1, 0.15) is 36.1 Å². The van der Waals surface area contributed by atoms with Gasteiger partial charge in [-0.05, 0) is 44.2 Å². The van der Waals surface area contributed by atoms with Crippen LogP contribution in [0.15, 0.2) is 41.5 Å². The van der Waals surface area contributed by atoms with E-state index in [2.05, 4.69) is 10.4 Å². The van der Waals surface area contributed by atoms with E-state index in [1.54, 1.807) is 0 Å². The van der Waals surface area contributed by atoms with E-state index in [4.69, 9.17) is 21.6 Å². The van der Waals surface area contributed by atoms with E-state index >= 15 is 0 Å². The van der Waals surface area contributed by atoms with E-state index in [1.807, 2.05) is 0 Å². The molecule has 14 heteroatoms. The molecule has 0 bridgehead atoms. The van der Waals surface area contributed by atoms with E-state index in [1.165, 1.54) is 19.9 Å². The van der Waals surface area contributed by atoms with Gasteiger partial charge in [0, 0.05) is 11.3 Å². The minimum atomic E-state index is -4.79. The lowest BCUT2D eigenvalue weighted by molar-refractivity contribution is -0.150. The van der Waals surface area contributed by atoms with Crippen LogP contribution in [0.25, 0.3) is 0 Å². The number of hydrazone groups is 1. The van der Waals surface area contributed by atoms with Gasteiger partial charge in [0.25, 0.3) is 0 Å². The Kier molecular flexibility index (Phi) is 7.46. The first kappa shape index (κ1) is 27.8. The number of nitrogens with zero attached hydrogens (tertiary/aromatic N) is 3. The molecule has 1 N–H and O–H groups in total. The number of hydrogen-bond acceptors (Lipinski definition) is 5. The van der Waals surface area contributed by atoms with Crippen molar-refractivity contribution in [1.82, 2.24) is 5.01 Å². The Bertz CT molecular complexity index is 1320. The summed E-state index contributed by atoms with van der Waals surface area (Å²) in [6.45, 7) is 2.46. The van der Waals surface area contributed by atoms with Crippen LogP contribution >= 0.6 is 11.6 Å². The highest BCUT2D eigenvalue weighted by molar-refractivity contribution is 6.32. The summed E-state index contributed by atoms with van der Waals surface area (Å²) in [5, 5.41) is 15.6. The number of nitriles is 1. The van der Waals surface area contributed by atoms with Crippen molar-refractivity contribution in [2.75, 3.05) is 18.5 Å². The molecule has 7 nitrogen and oxygen atoms in total. The van der Waals surface area contributed by atoms with E-state index in [0.29, 0.717) is 12.1 Å².